The van der Waals surface area contributed by atoms with Crippen LogP contribution in [0.25, 0.3) is 0 Å². The third-order valence-electron chi connectivity index (χ3n) is 2.10. The highest BCUT2D eigenvalue weighted by atomic mass is 79.9. The Bertz CT molecular complexity index is 446. The van der Waals surface area contributed by atoms with Crippen molar-refractivity contribution in [2.24, 2.45) is 4.99 Å². The number of hydrogen-bond donors (Lipinski definition) is 3. The van der Waals surface area contributed by atoms with Crippen molar-refractivity contribution in [2.75, 3.05) is 13.1 Å². The van der Waals surface area contributed by atoms with Crippen LogP contribution in [-0.2, 0) is 0 Å². The normalized spacial score (nSPS) is 14.9. The minimum atomic E-state index is -0.0187. The molecule has 0 aromatic heterocycles. The lowest BCUT2D eigenvalue weighted by Gasteiger charge is -2.09. The Labute approximate surface area is 103 Å². The van der Waals surface area contributed by atoms with Crippen molar-refractivity contribution in [3.8, 4) is 11.5 Å². The van der Waals surface area contributed by atoms with Crippen LogP contribution in [0.2, 0.25) is 0 Å². The van der Waals surface area contributed by atoms with Gasteiger partial charge in [-0.15, -0.1) is 0 Å². The van der Waals surface area contributed by atoms with Crippen LogP contribution in [0.4, 0.5) is 0 Å². The van der Waals surface area contributed by atoms with E-state index in [1.807, 2.05) is 0 Å². The molecule has 80 valence electrons. The molecule has 1 heterocycles. The van der Waals surface area contributed by atoms with Crippen LogP contribution in [0.1, 0.15) is 5.56 Å². The van der Waals surface area contributed by atoms with Gasteiger partial charge in [-0.2, -0.15) is 0 Å². The number of phenols is 2. The number of aromatic hydroxyl groups is 2. The average molecular weight is 336 g/mol. The van der Waals surface area contributed by atoms with Crippen molar-refractivity contribution in [3.05, 3.63) is 20.6 Å². The van der Waals surface area contributed by atoms with E-state index in [9.17, 15) is 10.2 Å². The standard InChI is InChI=1S/C9H8Br2N2O2/c10-5-3-4(9-12-1-2-13-9)7(14)6(11)8(5)15/h3,14-15H,1-2H2,(H,12,13). The highest BCUT2D eigenvalue weighted by Crippen LogP contribution is 2.41. The summed E-state index contributed by atoms with van der Waals surface area (Å²) in [6.45, 7) is 1.47. The highest BCUT2D eigenvalue weighted by molar-refractivity contribution is 9.11. The summed E-state index contributed by atoms with van der Waals surface area (Å²) in [4.78, 5) is 4.20. The first kappa shape index (κ1) is 10.8. The molecule has 2 rings (SSSR count). The second kappa shape index (κ2) is 4.02. The van der Waals surface area contributed by atoms with Crippen LogP contribution in [0, 0.1) is 0 Å². The van der Waals surface area contributed by atoms with Crippen molar-refractivity contribution in [1.82, 2.24) is 5.32 Å². The Morgan fingerprint density at radius 3 is 2.60 bits per heavy atom. The fourth-order valence-electron chi connectivity index (χ4n) is 1.36. The van der Waals surface area contributed by atoms with Crippen LogP contribution in [-0.4, -0.2) is 29.1 Å². The average Bonchev–Trinajstić information content (AvgIpc) is 2.73. The fraction of sp³-hybridized carbons (Fsp3) is 0.222. The fourth-order valence-corrected chi connectivity index (χ4v) is 2.48. The topological polar surface area (TPSA) is 64.9 Å². The third-order valence-corrected chi connectivity index (χ3v) is 3.45. The molecule has 0 spiro atoms. The van der Waals surface area contributed by atoms with E-state index in [4.69, 9.17) is 0 Å². The Kier molecular flexibility index (Phi) is 2.88. The van der Waals surface area contributed by atoms with E-state index < -0.39 is 0 Å². The summed E-state index contributed by atoms with van der Waals surface area (Å²) in [7, 11) is 0. The first-order valence-corrected chi connectivity index (χ1v) is 5.88. The molecular formula is C9H8Br2N2O2. The van der Waals surface area contributed by atoms with Crippen LogP contribution in [0.15, 0.2) is 20.0 Å². The molecule has 0 saturated carbocycles. The van der Waals surface area contributed by atoms with Gasteiger partial charge in [-0.05, 0) is 37.9 Å². The summed E-state index contributed by atoms with van der Waals surface area (Å²) >= 11 is 6.32. The van der Waals surface area contributed by atoms with Crippen molar-refractivity contribution in [1.29, 1.82) is 0 Å². The number of phenolic OH excluding ortho intramolecular Hbond substituents is 2. The molecule has 0 unspecified atom stereocenters. The molecule has 1 aliphatic heterocycles. The lowest BCUT2D eigenvalue weighted by Crippen LogP contribution is -2.19. The molecule has 0 aliphatic carbocycles. The van der Waals surface area contributed by atoms with Gasteiger partial charge >= 0.3 is 0 Å². The van der Waals surface area contributed by atoms with Gasteiger partial charge in [0, 0.05) is 6.54 Å². The summed E-state index contributed by atoms with van der Waals surface area (Å²) < 4.78 is 0.779. The summed E-state index contributed by atoms with van der Waals surface area (Å²) in [5.74, 6) is 0.618. The molecule has 0 radical (unpaired) electrons. The van der Waals surface area contributed by atoms with Crippen molar-refractivity contribution in [3.63, 3.8) is 0 Å². The Balaban J connectivity index is 2.57. The van der Waals surface area contributed by atoms with E-state index >= 15 is 0 Å². The molecule has 4 nitrogen and oxygen atoms in total. The third kappa shape index (κ3) is 1.83. The first-order valence-electron chi connectivity index (χ1n) is 4.30. The number of rotatable bonds is 1. The number of benzene rings is 1. The van der Waals surface area contributed by atoms with E-state index in [0.717, 1.165) is 6.54 Å². The summed E-state index contributed by atoms with van der Waals surface area (Å²) in [5, 5.41) is 22.4. The number of hydrogen-bond acceptors (Lipinski definition) is 4. The molecule has 1 aromatic rings. The van der Waals surface area contributed by atoms with Crippen LogP contribution < -0.4 is 5.32 Å². The SMILES string of the molecule is Oc1c(Br)cc(C2=NCCN2)c(O)c1Br. The number of aliphatic imine (C=N–C) groups is 1. The van der Waals surface area contributed by atoms with Crippen molar-refractivity contribution >= 4 is 37.7 Å². The maximum absolute atomic E-state index is 9.81. The van der Waals surface area contributed by atoms with Gasteiger partial charge in [0.25, 0.3) is 0 Å². The van der Waals surface area contributed by atoms with Gasteiger partial charge in [-0.1, -0.05) is 0 Å². The van der Waals surface area contributed by atoms with E-state index in [-0.39, 0.29) is 16.0 Å². The second-order valence-electron chi connectivity index (χ2n) is 3.07. The quantitative estimate of drug-likeness (QED) is 0.735. The van der Waals surface area contributed by atoms with Gasteiger partial charge in [-0.25, -0.2) is 0 Å². The number of halogens is 2. The second-order valence-corrected chi connectivity index (χ2v) is 4.72. The van der Waals surface area contributed by atoms with Crippen LogP contribution in [0.5, 0.6) is 11.5 Å². The zero-order chi connectivity index (χ0) is 11.0. The summed E-state index contributed by atoms with van der Waals surface area (Å²) in [6.07, 6.45) is 0. The minimum Gasteiger partial charge on any atom is -0.506 e. The molecule has 0 atom stereocenters. The summed E-state index contributed by atoms with van der Waals surface area (Å²) in [5.41, 5.74) is 0.573. The molecule has 1 aromatic carbocycles. The first-order chi connectivity index (χ1) is 7.11. The van der Waals surface area contributed by atoms with Gasteiger partial charge in [-0.3, -0.25) is 4.99 Å². The maximum Gasteiger partial charge on any atom is 0.147 e. The minimum absolute atomic E-state index is 0.0103. The van der Waals surface area contributed by atoms with Gasteiger partial charge in [0.1, 0.15) is 21.8 Å². The molecule has 0 bridgehead atoms. The Morgan fingerprint density at radius 2 is 2.00 bits per heavy atom. The maximum atomic E-state index is 9.81. The van der Waals surface area contributed by atoms with Gasteiger partial charge in [0.05, 0.1) is 16.6 Å². The van der Waals surface area contributed by atoms with E-state index in [0.29, 0.717) is 22.4 Å². The van der Waals surface area contributed by atoms with Crippen molar-refractivity contribution in [2.45, 2.75) is 0 Å². The Hall–Kier alpha value is -0.750. The monoisotopic (exact) mass is 334 g/mol. The zero-order valence-electron chi connectivity index (χ0n) is 7.59. The van der Waals surface area contributed by atoms with E-state index in [1.54, 1.807) is 6.07 Å². The Morgan fingerprint density at radius 1 is 1.27 bits per heavy atom. The number of nitrogens with zero attached hydrogens (tertiary/aromatic N) is 1. The van der Waals surface area contributed by atoms with E-state index in [2.05, 4.69) is 42.2 Å². The predicted molar refractivity (Wildman–Crippen MR) is 64.6 cm³/mol. The van der Waals surface area contributed by atoms with Crippen molar-refractivity contribution < 1.29 is 10.2 Å². The molecule has 1 aliphatic rings. The van der Waals surface area contributed by atoms with E-state index in [1.165, 1.54) is 0 Å². The molecule has 0 amide bonds. The van der Waals surface area contributed by atoms with Gasteiger partial charge < -0.3 is 15.5 Å². The van der Waals surface area contributed by atoms with Crippen LogP contribution in [0.3, 0.4) is 0 Å². The molecular weight excluding hydrogens is 328 g/mol. The smallest absolute Gasteiger partial charge is 0.147 e. The largest absolute Gasteiger partial charge is 0.506 e. The molecule has 3 N–H and O–H groups in total. The van der Waals surface area contributed by atoms with Gasteiger partial charge in [0.2, 0.25) is 0 Å². The lowest BCUT2D eigenvalue weighted by atomic mass is 10.1. The molecule has 6 heteroatoms. The zero-order valence-corrected chi connectivity index (χ0v) is 10.8. The summed E-state index contributed by atoms with van der Waals surface area (Å²) in [6, 6.07) is 1.63. The molecule has 0 saturated heterocycles. The van der Waals surface area contributed by atoms with Gasteiger partial charge in [0.15, 0.2) is 0 Å². The highest BCUT2D eigenvalue weighted by Gasteiger charge is 2.19. The number of amidine groups is 1. The molecule has 0 fully saturated rings. The van der Waals surface area contributed by atoms with Crippen LogP contribution >= 0.6 is 31.9 Å². The lowest BCUT2D eigenvalue weighted by molar-refractivity contribution is 0.441. The number of nitrogens with one attached hydrogen (secondary N) is 1. The predicted octanol–water partition coefficient (Wildman–Crippen LogP) is 1.97. The molecule has 15 heavy (non-hydrogen) atoms.